The molecule has 0 aliphatic rings. The van der Waals surface area contributed by atoms with Gasteiger partial charge in [0.1, 0.15) is 0 Å². The lowest BCUT2D eigenvalue weighted by Crippen LogP contribution is -2.25. The molecule has 0 aliphatic heterocycles. The summed E-state index contributed by atoms with van der Waals surface area (Å²) in [6.45, 7) is 9.87. The SMILES string of the molecule is Cc1c(C)c(C)c(S(=O)(=O)NCc2ccc(-n3cccn3)nc2)c(C)c1C. The highest BCUT2D eigenvalue weighted by Crippen LogP contribution is 2.29. The van der Waals surface area contributed by atoms with Crippen molar-refractivity contribution in [2.75, 3.05) is 0 Å². The third-order valence-electron chi connectivity index (χ3n) is 5.21. The molecule has 0 amide bonds. The maximum Gasteiger partial charge on any atom is 0.241 e. The van der Waals surface area contributed by atoms with Gasteiger partial charge in [-0.15, -0.1) is 0 Å². The van der Waals surface area contributed by atoms with Gasteiger partial charge in [-0.25, -0.2) is 22.8 Å². The van der Waals surface area contributed by atoms with Crippen molar-refractivity contribution < 1.29 is 8.42 Å². The lowest BCUT2D eigenvalue weighted by atomic mass is 9.95. The summed E-state index contributed by atoms with van der Waals surface area (Å²) in [5.74, 6) is 0.683. The second kappa shape index (κ2) is 7.25. The van der Waals surface area contributed by atoms with Gasteiger partial charge in [-0.05, 0) is 80.1 Å². The minimum Gasteiger partial charge on any atom is -0.237 e. The first-order valence-electron chi connectivity index (χ1n) is 8.74. The van der Waals surface area contributed by atoms with Crippen molar-refractivity contribution in [3.63, 3.8) is 0 Å². The van der Waals surface area contributed by atoms with E-state index in [0.29, 0.717) is 10.7 Å². The first-order chi connectivity index (χ1) is 12.7. The van der Waals surface area contributed by atoms with E-state index in [1.807, 2.05) is 52.8 Å². The van der Waals surface area contributed by atoms with Gasteiger partial charge >= 0.3 is 0 Å². The van der Waals surface area contributed by atoms with Crippen LogP contribution in [0.25, 0.3) is 5.82 Å². The van der Waals surface area contributed by atoms with Crippen LogP contribution < -0.4 is 4.72 Å². The van der Waals surface area contributed by atoms with Crippen molar-refractivity contribution in [3.05, 3.63) is 70.2 Å². The van der Waals surface area contributed by atoms with E-state index in [9.17, 15) is 8.42 Å². The molecule has 3 rings (SSSR count). The number of aromatic nitrogens is 3. The molecule has 1 aromatic carbocycles. The fraction of sp³-hybridized carbons (Fsp3) is 0.300. The van der Waals surface area contributed by atoms with E-state index in [0.717, 1.165) is 33.4 Å². The first kappa shape index (κ1) is 19.3. The van der Waals surface area contributed by atoms with Crippen LogP contribution in [0.5, 0.6) is 0 Å². The normalized spacial score (nSPS) is 11.7. The maximum absolute atomic E-state index is 13.0. The van der Waals surface area contributed by atoms with E-state index in [-0.39, 0.29) is 6.54 Å². The van der Waals surface area contributed by atoms with Crippen molar-refractivity contribution in [2.24, 2.45) is 0 Å². The van der Waals surface area contributed by atoms with Gasteiger partial charge in [0, 0.05) is 25.1 Å². The van der Waals surface area contributed by atoms with E-state index in [4.69, 9.17) is 0 Å². The standard InChI is InChI=1S/C20H24N4O2S/c1-13-14(2)16(4)20(17(5)15(13)3)27(25,26)23-12-18-7-8-19(21-11-18)24-10-6-9-22-24/h6-11,23H,12H2,1-5H3. The number of nitrogens with zero attached hydrogens (tertiary/aromatic N) is 3. The van der Waals surface area contributed by atoms with Crippen LogP contribution in [0.1, 0.15) is 33.4 Å². The number of pyridine rings is 1. The summed E-state index contributed by atoms with van der Waals surface area (Å²) in [4.78, 5) is 4.71. The minimum atomic E-state index is -3.63. The van der Waals surface area contributed by atoms with Crippen molar-refractivity contribution in [2.45, 2.75) is 46.1 Å². The quantitative estimate of drug-likeness (QED) is 0.732. The Bertz CT molecular complexity index is 1040. The van der Waals surface area contributed by atoms with Gasteiger partial charge in [-0.3, -0.25) is 0 Å². The highest BCUT2D eigenvalue weighted by molar-refractivity contribution is 7.89. The highest BCUT2D eigenvalue weighted by Gasteiger charge is 2.23. The van der Waals surface area contributed by atoms with Crippen molar-refractivity contribution in [3.8, 4) is 5.82 Å². The van der Waals surface area contributed by atoms with Gasteiger partial charge in [0.15, 0.2) is 5.82 Å². The van der Waals surface area contributed by atoms with Gasteiger partial charge < -0.3 is 0 Å². The molecule has 6 nitrogen and oxygen atoms in total. The second-order valence-electron chi connectivity index (χ2n) is 6.75. The molecule has 0 saturated heterocycles. The summed E-state index contributed by atoms with van der Waals surface area (Å²) in [5.41, 5.74) is 5.56. The van der Waals surface area contributed by atoms with Gasteiger partial charge in [-0.2, -0.15) is 5.10 Å². The fourth-order valence-corrected chi connectivity index (χ4v) is 4.79. The van der Waals surface area contributed by atoms with Crippen LogP contribution >= 0.6 is 0 Å². The third-order valence-corrected chi connectivity index (χ3v) is 6.89. The number of hydrogen-bond donors (Lipinski definition) is 1. The maximum atomic E-state index is 13.0. The molecule has 2 heterocycles. The molecule has 0 unspecified atom stereocenters. The van der Waals surface area contributed by atoms with Crippen molar-refractivity contribution in [1.29, 1.82) is 0 Å². The van der Waals surface area contributed by atoms with Crippen LogP contribution in [0.2, 0.25) is 0 Å². The number of rotatable bonds is 5. The van der Waals surface area contributed by atoms with Gasteiger partial charge in [0.25, 0.3) is 0 Å². The molecular formula is C20H24N4O2S. The molecular weight excluding hydrogens is 360 g/mol. The topological polar surface area (TPSA) is 76.9 Å². The molecule has 0 atom stereocenters. The summed E-state index contributed by atoms with van der Waals surface area (Å²) in [5, 5.41) is 4.13. The fourth-order valence-electron chi connectivity index (χ4n) is 3.18. The van der Waals surface area contributed by atoms with Crippen LogP contribution in [0.15, 0.2) is 41.7 Å². The number of sulfonamides is 1. The molecule has 2 aromatic heterocycles. The van der Waals surface area contributed by atoms with Gasteiger partial charge in [-0.1, -0.05) is 6.07 Å². The molecule has 142 valence electrons. The smallest absolute Gasteiger partial charge is 0.237 e. The van der Waals surface area contributed by atoms with E-state index in [1.54, 1.807) is 23.3 Å². The van der Waals surface area contributed by atoms with Crippen molar-refractivity contribution >= 4 is 10.0 Å². The van der Waals surface area contributed by atoms with Gasteiger partial charge in [0.2, 0.25) is 10.0 Å². The summed E-state index contributed by atoms with van der Waals surface area (Å²) < 4.78 is 30.3. The molecule has 0 radical (unpaired) electrons. The molecule has 0 saturated carbocycles. The number of benzene rings is 1. The van der Waals surface area contributed by atoms with Crippen LogP contribution in [0, 0.1) is 34.6 Å². The Balaban J connectivity index is 1.84. The predicted octanol–water partition coefficient (Wildman–Crippen LogP) is 3.29. The molecule has 27 heavy (non-hydrogen) atoms. The average Bonchev–Trinajstić information content (AvgIpc) is 3.18. The predicted molar refractivity (Wildman–Crippen MR) is 106 cm³/mol. The summed E-state index contributed by atoms with van der Waals surface area (Å²) in [6.07, 6.45) is 5.14. The summed E-state index contributed by atoms with van der Waals surface area (Å²) in [6, 6.07) is 5.48. The van der Waals surface area contributed by atoms with Crippen LogP contribution in [0.3, 0.4) is 0 Å². The second-order valence-corrected chi connectivity index (χ2v) is 8.46. The third kappa shape index (κ3) is 3.65. The largest absolute Gasteiger partial charge is 0.241 e. The molecule has 3 aromatic rings. The minimum absolute atomic E-state index is 0.180. The van der Waals surface area contributed by atoms with Gasteiger partial charge in [0.05, 0.1) is 4.90 Å². The zero-order valence-corrected chi connectivity index (χ0v) is 17.1. The molecule has 7 heteroatoms. The average molecular weight is 385 g/mol. The van der Waals surface area contributed by atoms with E-state index in [2.05, 4.69) is 14.8 Å². The Morgan fingerprint density at radius 1 is 0.963 bits per heavy atom. The zero-order valence-electron chi connectivity index (χ0n) is 16.2. The molecule has 0 spiro atoms. The first-order valence-corrected chi connectivity index (χ1v) is 10.2. The highest BCUT2D eigenvalue weighted by atomic mass is 32.2. The lowest BCUT2D eigenvalue weighted by molar-refractivity contribution is 0.579. The monoisotopic (exact) mass is 384 g/mol. The van der Waals surface area contributed by atoms with E-state index in [1.165, 1.54) is 0 Å². The summed E-state index contributed by atoms with van der Waals surface area (Å²) >= 11 is 0. The van der Waals surface area contributed by atoms with Crippen molar-refractivity contribution in [1.82, 2.24) is 19.5 Å². The summed E-state index contributed by atoms with van der Waals surface area (Å²) in [7, 11) is -3.63. The Labute approximate surface area is 160 Å². The lowest BCUT2D eigenvalue weighted by Gasteiger charge is -2.19. The Hall–Kier alpha value is -2.51. The number of hydrogen-bond acceptors (Lipinski definition) is 4. The van der Waals surface area contributed by atoms with Crippen LogP contribution in [0.4, 0.5) is 0 Å². The zero-order chi connectivity index (χ0) is 19.8. The molecule has 1 N–H and O–H groups in total. The Kier molecular flexibility index (Phi) is 5.17. The Morgan fingerprint density at radius 3 is 2.11 bits per heavy atom. The molecule has 0 bridgehead atoms. The Morgan fingerprint density at radius 2 is 1.59 bits per heavy atom. The molecule has 0 fully saturated rings. The molecule has 0 aliphatic carbocycles. The van der Waals surface area contributed by atoms with E-state index < -0.39 is 10.0 Å². The number of nitrogens with one attached hydrogen (secondary N) is 1. The van der Waals surface area contributed by atoms with E-state index >= 15 is 0 Å². The van der Waals surface area contributed by atoms with Crippen LogP contribution in [-0.4, -0.2) is 23.2 Å². The van der Waals surface area contributed by atoms with Crippen LogP contribution in [-0.2, 0) is 16.6 Å².